The average molecular weight is 197 g/mol. The number of rotatable bonds is 3. The third-order valence-corrected chi connectivity index (χ3v) is 2.33. The van der Waals surface area contributed by atoms with Crippen LogP contribution in [0.5, 0.6) is 0 Å². The van der Waals surface area contributed by atoms with Gasteiger partial charge in [0.25, 0.3) is 0 Å². The van der Waals surface area contributed by atoms with Crippen LogP contribution in [-0.2, 0) is 12.8 Å². The molecular weight excluding hydrogens is 178 g/mol. The molecule has 0 aliphatic carbocycles. The summed E-state index contributed by atoms with van der Waals surface area (Å²) in [5.74, 6) is 1.39. The van der Waals surface area contributed by atoms with Crippen LogP contribution in [0.3, 0.4) is 0 Å². The van der Waals surface area contributed by atoms with Crippen molar-refractivity contribution in [3.8, 4) is 0 Å². The van der Waals surface area contributed by atoms with Gasteiger partial charge in [-0.1, -0.05) is 32.9 Å². The van der Waals surface area contributed by atoms with Crippen molar-refractivity contribution >= 4 is 0 Å². The Morgan fingerprint density at radius 3 is 2.50 bits per heavy atom. The van der Waals surface area contributed by atoms with Crippen LogP contribution in [0.15, 0.2) is 4.52 Å². The van der Waals surface area contributed by atoms with Gasteiger partial charge in [-0.2, -0.15) is 4.98 Å². The van der Waals surface area contributed by atoms with Gasteiger partial charge in [-0.05, 0) is 5.41 Å². The maximum atomic E-state index is 6.01. The highest BCUT2D eigenvalue weighted by atomic mass is 16.5. The van der Waals surface area contributed by atoms with Crippen LogP contribution < -0.4 is 5.73 Å². The summed E-state index contributed by atoms with van der Waals surface area (Å²) in [5, 5.41) is 3.83. The van der Waals surface area contributed by atoms with Gasteiger partial charge in [0.15, 0.2) is 5.82 Å². The van der Waals surface area contributed by atoms with Crippen molar-refractivity contribution in [3.05, 3.63) is 11.7 Å². The SMILES string of the molecule is CCc1noc(CC(N)C(C)(C)C)n1. The van der Waals surface area contributed by atoms with Gasteiger partial charge in [-0.15, -0.1) is 0 Å². The van der Waals surface area contributed by atoms with Crippen molar-refractivity contribution in [2.75, 3.05) is 0 Å². The van der Waals surface area contributed by atoms with Crippen LogP contribution in [-0.4, -0.2) is 16.2 Å². The molecule has 14 heavy (non-hydrogen) atoms. The third-order valence-electron chi connectivity index (χ3n) is 2.33. The van der Waals surface area contributed by atoms with Crippen molar-refractivity contribution in [1.29, 1.82) is 0 Å². The van der Waals surface area contributed by atoms with E-state index < -0.39 is 0 Å². The van der Waals surface area contributed by atoms with Crippen molar-refractivity contribution < 1.29 is 4.52 Å². The predicted octanol–water partition coefficient (Wildman–Crippen LogP) is 1.55. The second kappa shape index (κ2) is 4.09. The van der Waals surface area contributed by atoms with E-state index in [2.05, 4.69) is 30.9 Å². The van der Waals surface area contributed by atoms with E-state index in [1.165, 1.54) is 0 Å². The molecule has 1 rings (SSSR count). The molecule has 0 aliphatic rings. The number of nitrogens with zero attached hydrogens (tertiary/aromatic N) is 2. The molecule has 1 aromatic rings. The molecule has 1 atom stereocenters. The third kappa shape index (κ3) is 2.80. The van der Waals surface area contributed by atoms with Gasteiger partial charge in [0.1, 0.15) is 0 Å². The summed E-state index contributed by atoms with van der Waals surface area (Å²) in [4.78, 5) is 4.22. The Hall–Kier alpha value is -0.900. The fourth-order valence-corrected chi connectivity index (χ4v) is 1.01. The Morgan fingerprint density at radius 2 is 2.07 bits per heavy atom. The highest BCUT2D eigenvalue weighted by Gasteiger charge is 2.23. The van der Waals surface area contributed by atoms with Gasteiger partial charge in [0.2, 0.25) is 5.89 Å². The van der Waals surface area contributed by atoms with Crippen molar-refractivity contribution in [2.24, 2.45) is 11.1 Å². The number of hydrogen-bond donors (Lipinski definition) is 1. The van der Waals surface area contributed by atoms with E-state index >= 15 is 0 Å². The number of aryl methyl sites for hydroxylation is 1. The Morgan fingerprint density at radius 1 is 1.43 bits per heavy atom. The smallest absolute Gasteiger partial charge is 0.228 e. The summed E-state index contributed by atoms with van der Waals surface area (Å²) in [6, 6.07) is 0.0488. The molecule has 0 aromatic carbocycles. The molecule has 0 radical (unpaired) electrons. The quantitative estimate of drug-likeness (QED) is 0.798. The summed E-state index contributed by atoms with van der Waals surface area (Å²) in [7, 11) is 0. The zero-order chi connectivity index (χ0) is 10.8. The monoisotopic (exact) mass is 197 g/mol. The van der Waals surface area contributed by atoms with Gasteiger partial charge in [0, 0.05) is 18.9 Å². The molecule has 0 saturated carbocycles. The Bertz CT molecular complexity index is 288. The van der Waals surface area contributed by atoms with Crippen LogP contribution >= 0.6 is 0 Å². The first-order chi connectivity index (χ1) is 6.43. The van der Waals surface area contributed by atoms with E-state index in [1.807, 2.05) is 6.92 Å². The second-order valence-electron chi connectivity index (χ2n) is 4.63. The van der Waals surface area contributed by atoms with Gasteiger partial charge < -0.3 is 10.3 Å². The van der Waals surface area contributed by atoms with E-state index in [0.29, 0.717) is 12.3 Å². The van der Waals surface area contributed by atoms with E-state index in [-0.39, 0.29) is 11.5 Å². The average Bonchev–Trinajstić information content (AvgIpc) is 2.50. The van der Waals surface area contributed by atoms with Crippen molar-refractivity contribution in [2.45, 2.75) is 46.6 Å². The molecule has 2 N–H and O–H groups in total. The molecule has 0 spiro atoms. The fraction of sp³-hybridized carbons (Fsp3) is 0.800. The number of aromatic nitrogens is 2. The molecule has 80 valence electrons. The van der Waals surface area contributed by atoms with E-state index in [4.69, 9.17) is 10.3 Å². The lowest BCUT2D eigenvalue weighted by Crippen LogP contribution is -2.36. The Labute approximate surface area is 84.9 Å². The first kappa shape index (κ1) is 11.2. The van der Waals surface area contributed by atoms with Gasteiger partial charge in [-0.25, -0.2) is 0 Å². The highest BCUT2D eigenvalue weighted by Crippen LogP contribution is 2.19. The van der Waals surface area contributed by atoms with Gasteiger partial charge in [-0.3, -0.25) is 0 Å². The van der Waals surface area contributed by atoms with Gasteiger partial charge >= 0.3 is 0 Å². The second-order valence-corrected chi connectivity index (χ2v) is 4.63. The molecule has 0 amide bonds. The molecule has 0 fully saturated rings. The lowest BCUT2D eigenvalue weighted by molar-refractivity contribution is 0.285. The summed E-state index contributed by atoms with van der Waals surface area (Å²) >= 11 is 0. The summed E-state index contributed by atoms with van der Waals surface area (Å²) < 4.78 is 5.08. The van der Waals surface area contributed by atoms with Crippen LogP contribution in [0.2, 0.25) is 0 Å². The minimum absolute atomic E-state index is 0.0488. The van der Waals surface area contributed by atoms with Gasteiger partial charge in [0.05, 0.1) is 0 Å². The van der Waals surface area contributed by atoms with E-state index in [0.717, 1.165) is 12.2 Å². The summed E-state index contributed by atoms with van der Waals surface area (Å²) in [6.45, 7) is 8.32. The zero-order valence-electron chi connectivity index (χ0n) is 9.37. The molecule has 1 aromatic heterocycles. The molecule has 0 saturated heterocycles. The normalized spacial score (nSPS) is 14.4. The number of hydrogen-bond acceptors (Lipinski definition) is 4. The topological polar surface area (TPSA) is 64.9 Å². The summed E-state index contributed by atoms with van der Waals surface area (Å²) in [6.07, 6.45) is 1.45. The molecule has 4 heteroatoms. The molecule has 1 unspecified atom stereocenters. The maximum absolute atomic E-state index is 6.01. The van der Waals surface area contributed by atoms with E-state index in [1.54, 1.807) is 0 Å². The molecule has 4 nitrogen and oxygen atoms in total. The zero-order valence-corrected chi connectivity index (χ0v) is 9.37. The number of nitrogens with two attached hydrogens (primary N) is 1. The first-order valence-corrected chi connectivity index (χ1v) is 5.00. The molecule has 0 bridgehead atoms. The standard InChI is InChI=1S/C10H19N3O/c1-5-8-12-9(14-13-8)6-7(11)10(2,3)4/h7H,5-6,11H2,1-4H3. The van der Waals surface area contributed by atoms with Crippen LogP contribution in [0, 0.1) is 5.41 Å². The highest BCUT2D eigenvalue weighted by molar-refractivity contribution is 4.91. The minimum Gasteiger partial charge on any atom is -0.339 e. The predicted molar refractivity (Wildman–Crippen MR) is 54.8 cm³/mol. The van der Waals surface area contributed by atoms with Crippen LogP contribution in [0.4, 0.5) is 0 Å². The van der Waals surface area contributed by atoms with Crippen LogP contribution in [0.1, 0.15) is 39.4 Å². The largest absolute Gasteiger partial charge is 0.339 e. The summed E-state index contributed by atoms with van der Waals surface area (Å²) in [5.41, 5.74) is 6.08. The van der Waals surface area contributed by atoms with Crippen molar-refractivity contribution in [1.82, 2.24) is 10.1 Å². The maximum Gasteiger partial charge on any atom is 0.228 e. The molecular formula is C10H19N3O. The lowest BCUT2D eigenvalue weighted by atomic mass is 9.85. The Balaban J connectivity index is 2.60. The van der Waals surface area contributed by atoms with Crippen molar-refractivity contribution in [3.63, 3.8) is 0 Å². The minimum atomic E-state index is 0.0488. The van der Waals surface area contributed by atoms with E-state index in [9.17, 15) is 0 Å². The molecule has 0 aliphatic heterocycles. The lowest BCUT2D eigenvalue weighted by Gasteiger charge is -2.25. The first-order valence-electron chi connectivity index (χ1n) is 5.00. The molecule has 1 heterocycles. The fourth-order valence-electron chi connectivity index (χ4n) is 1.01. The van der Waals surface area contributed by atoms with Crippen LogP contribution in [0.25, 0.3) is 0 Å². The Kier molecular flexibility index (Phi) is 3.26.